The molecular formula is C7H14NO. The molecule has 0 aromatic carbocycles. The molecule has 1 fully saturated rings. The van der Waals surface area contributed by atoms with E-state index in [1.54, 1.807) is 0 Å². The molecule has 9 heavy (non-hydrogen) atoms. The summed E-state index contributed by atoms with van der Waals surface area (Å²) in [6.45, 7) is 8.23. The first-order valence-electron chi connectivity index (χ1n) is 3.38. The summed E-state index contributed by atoms with van der Waals surface area (Å²) >= 11 is 0. The molecule has 53 valence electrons. The van der Waals surface area contributed by atoms with E-state index in [9.17, 15) is 5.11 Å². The maximum Gasteiger partial charge on any atom is 0.0758 e. The molecule has 1 heterocycles. The SMILES string of the molecule is [CH2]CN1CCC(C)(O)C1. The van der Waals surface area contributed by atoms with Gasteiger partial charge in [0.15, 0.2) is 0 Å². The molecule has 0 bridgehead atoms. The molecule has 1 aliphatic rings. The summed E-state index contributed by atoms with van der Waals surface area (Å²) < 4.78 is 0. The number of rotatable bonds is 1. The first kappa shape index (κ1) is 7.03. The number of nitrogens with zero attached hydrogens (tertiary/aromatic N) is 1. The van der Waals surface area contributed by atoms with Crippen LogP contribution in [0.15, 0.2) is 0 Å². The summed E-state index contributed by atoms with van der Waals surface area (Å²) in [5.74, 6) is 0. The number of hydrogen-bond acceptors (Lipinski definition) is 2. The second-order valence-electron chi connectivity index (χ2n) is 3.02. The number of β-amino-alcohol motifs (C(OH)–C–C–N with tert-alkyl or cyclic N) is 1. The van der Waals surface area contributed by atoms with Crippen molar-refractivity contribution in [3.05, 3.63) is 6.92 Å². The summed E-state index contributed by atoms with van der Waals surface area (Å²) in [6, 6.07) is 0. The van der Waals surface area contributed by atoms with Crippen molar-refractivity contribution in [2.45, 2.75) is 18.9 Å². The van der Waals surface area contributed by atoms with E-state index in [1.807, 2.05) is 6.92 Å². The van der Waals surface area contributed by atoms with Gasteiger partial charge in [-0.15, -0.1) is 0 Å². The highest BCUT2D eigenvalue weighted by molar-refractivity contribution is 4.85. The average molecular weight is 128 g/mol. The second kappa shape index (κ2) is 2.27. The zero-order valence-electron chi connectivity index (χ0n) is 5.93. The first-order chi connectivity index (χ1) is 4.14. The summed E-state index contributed by atoms with van der Waals surface area (Å²) in [7, 11) is 0. The third-order valence-electron chi connectivity index (χ3n) is 1.85. The fraction of sp³-hybridized carbons (Fsp3) is 0.857. The Morgan fingerprint density at radius 3 is 2.67 bits per heavy atom. The van der Waals surface area contributed by atoms with E-state index >= 15 is 0 Å². The van der Waals surface area contributed by atoms with Gasteiger partial charge in [0.25, 0.3) is 0 Å². The van der Waals surface area contributed by atoms with Crippen LogP contribution < -0.4 is 0 Å². The van der Waals surface area contributed by atoms with Crippen LogP contribution in [-0.2, 0) is 0 Å². The van der Waals surface area contributed by atoms with E-state index in [2.05, 4.69) is 11.8 Å². The molecule has 1 rings (SSSR count). The van der Waals surface area contributed by atoms with Crippen LogP contribution in [0, 0.1) is 6.92 Å². The van der Waals surface area contributed by atoms with E-state index in [1.165, 1.54) is 0 Å². The third-order valence-corrected chi connectivity index (χ3v) is 1.85. The van der Waals surface area contributed by atoms with Crippen molar-refractivity contribution in [2.24, 2.45) is 0 Å². The van der Waals surface area contributed by atoms with Gasteiger partial charge in [-0.1, -0.05) is 0 Å². The highest BCUT2D eigenvalue weighted by atomic mass is 16.3. The first-order valence-corrected chi connectivity index (χ1v) is 3.38. The van der Waals surface area contributed by atoms with Crippen LogP contribution in [0.2, 0.25) is 0 Å². The molecule has 0 amide bonds. The molecule has 0 aromatic rings. The average Bonchev–Trinajstić information content (AvgIpc) is 2.10. The normalized spacial score (nSPS) is 37.7. The van der Waals surface area contributed by atoms with Crippen LogP contribution in [0.3, 0.4) is 0 Å². The molecule has 1 unspecified atom stereocenters. The Labute approximate surface area is 56.5 Å². The maximum atomic E-state index is 9.43. The van der Waals surface area contributed by atoms with Gasteiger partial charge >= 0.3 is 0 Å². The van der Waals surface area contributed by atoms with E-state index in [4.69, 9.17) is 0 Å². The molecule has 0 aromatic heterocycles. The topological polar surface area (TPSA) is 23.5 Å². The predicted octanol–water partition coefficient (Wildman–Crippen LogP) is 0.277. The van der Waals surface area contributed by atoms with Crippen molar-refractivity contribution >= 4 is 0 Å². The van der Waals surface area contributed by atoms with Gasteiger partial charge in [-0.05, 0) is 26.8 Å². The van der Waals surface area contributed by atoms with Crippen LogP contribution in [-0.4, -0.2) is 35.2 Å². The fourth-order valence-corrected chi connectivity index (χ4v) is 1.23. The van der Waals surface area contributed by atoms with Crippen LogP contribution in [0.25, 0.3) is 0 Å². The molecule has 1 aliphatic heterocycles. The van der Waals surface area contributed by atoms with Gasteiger partial charge in [-0.3, -0.25) is 0 Å². The van der Waals surface area contributed by atoms with Gasteiger partial charge in [-0.25, -0.2) is 0 Å². The summed E-state index contributed by atoms with van der Waals surface area (Å²) in [5, 5.41) is 9.43. The van der Waals surface area contributed by atoms with Gasteiger partial charge in [-0.2, -0.15) is 0 Å². The lowest BCUT2D eigenvalue weighted by molar-refractivity contribution is 0.0702. The Morgan fingerprint density at radius 1 is 1.78 bits per heavy atom. The minimum absolute atomic E-state index is 0.447. The predicted molar refractivity (Wildman–Crippen MR) is 37.0 cm³/mol. The lowest BCUT2D eigenvalue weighted by atomic mass is 10.1. The highest BCUT2D eigenvalue weighted by Gasteiger charge is 2.29. The Hall–Kier alpha value is -0.0800. The van der Waals surface area contributed by atoms with E-state index < -0.39 is 5.60 Å². The molecule has 1 radical (unpaired) electrons. The van der Waals surface area contributed by atoms with Crippen LogP contribution in [0.1, 0.15) is 13.3 Å². The highest BCUT2D eigenvalue weighted by Crippen LogP contribution is 2.18. The zero-order chi connectivity index (χ0) is 6.91. The van der Waals surface area contributed by atoms with Crippen LogP contribution >= 0.6 is 0 Å². The smallest absolute Gasteiger partial charge is 0.0758 e. The van der Waals surface area contributed by atoms with Crippen molar-refractivity contribution in [3.63, 3.8) is 0 Å². The lowest BCUT2D eigenvalue weighted by Crippen LogP contribution is -2.29. The second-order valence-corrected chi connectivity index (χ2v) is 3.02. The van der Waals surface area contributed by atoms with Gasteiger partial charge in [0.1, 0.15) is 0 Å². The maximum absolute atomic E-state index is 9.43. The quantitative estimate of drug-likeness (QED) is 0.548. The Kier molecular flexibility index (Phi) is 1.78. The molecule has 1 N–H and O–H groups in total. The van der Waals surface area contributed by atoms with Crippen molar-refractivity contribution in [1.29, 1.82) is 0 Å². The zero-order valence-corrected chi connectivity index (χ0v) is 5.93. The largest absolute Gasteiger partial charge is 0.389 e. The standard InChI is InChI=1S/C7H14NO/c1-3-8-5-4-7(2,9)6-8/h9H,1,3-6H2,2H3. The molecule has 1 saturated heterocycles. The molecule has 0 spiro atoms. The van der Waals surface area contributed by atoms with Crippen molar-refractivity contribution < 1.29 is 5.11 Å². The van der Waals surface area contributed by atoms with Gasteiger partial charge in [0.05, 0.1) is 5.60 Å². The van der Waals surface area contributed by atoms with Crippen molar-refractivity contribution in [1.82, 2.24) is 4.90 Å². The fourth-order valence-electron chi connectivity index (χ4n) is 1.23. The van der Waals surface area contributed by atoms with Gasteiger partial charge < -0.3 is 10.0 Å². The van der Waals surface area contributed by atoms with Gasteiger partial charge in [0, 0.05) is 13.1 Å². The Bertz CT molecular complexity index is 101. The Morgan fingerprint density at radius 2 is 2.44 bits per heavy atom. The molecule has 0 aliphatic carbocycles. The minimum atomic E-state index is -0.447. The molecular weight excluding hydrogens is 114 g/mol. The number of likely N-dealkylation sites (tertiary alicyclic amines) is 1. The number of hydrogen-bond donors (Lipinski definition) is 1. The summed E-state index contributed by atoms with van der Waals surface area (Å²) in [6.07, 6.45) is 0.891. The molecule has 0 saturated carbocycles. The third kappa shape index (κ3) is 1.66. The van der Waals surface area contributed by atoms with Crippen molar-refractivity contribution in [3.8, 4) is 0 Å². The van der Waals surface area contributed by atoms with Gasteiger partial charge in [0.2, 0.25) is 0 Å². The molecule has 2 nitrogen and oxygen atoms in total. The minimum Gasteiger partial charge on any atom is -0.389 e. The Balaban J connectivity index is 2.38. The van der Waals surface area contributed by atoms with E-state index in [0.29, 0.717) is 0 Å². The summed E-state index contributed by atoms with van der Waals surface area (Å²) in [4.78, 5) is 2.15. The van der Waals surface area contributed by atoms with Crippen LogP contribution in [0.5, 0.6) is 0 Å². The van der Waals surface area contributed by atoms with E-state index in [0.717, 1.165) is 26.1 Å². The lowest BCUT2D eigenvalue weighted by Gasteiger charge is -2.16. The number of aliphatic hydroxyl groups is 1. The van der Waals surface area contributed by atoms with Crippen LogP contribution in [0.4, 0.5) is 0 Å². The van der Waals surface area contributed by atoms with E-state index in [-0.39, 0.29) is 0 Å². The van der Waals surface area contributed by atoms with Crippen molar-refractivity contribution in [2.75, 3.05) is 19.6 Å². The molecule has 2 heteroatoms. The summed E-state index contributed by atoms with van der Waals surface area (Å²) in [5.41, 5.74) is -0.447. The molecule has 1 atom stereocenters. The monoisotopic (exact) mass is 128 g/mol.